The zero-order valence-corrected chi connectivity index (χ0v) is 18.6. The number of benzene rings is 1. The largest absolute Gasteiger partial charge is 0.478 e. The number of carbonyl (C=O) groups excluding carboxylic acids is 1. The van der Waals surface area contributed by atoms with Crippen LogP contribution in [0.4, 0.5) is 0 Å². The quantitative estimate of drug-likeness (QED) is 0.606. The molecule has 0 aliphatic carbocycles. The zero-order valence-electron chi connectivity index (χ0n) is 17.0. The Morgan fingerprint density at radius 1 is 0.933 bits per heavy atom. The van der Waals surface area contributed by atoms with Crippen LogP contribution in [-0.4, -0.2) is 70.1 Å². The van der Waals surface area contributed by atoms with Crippen molar-refractivity contribution in [1.29, 1.82) is 0 Å². The lowest BCUT2D eigenvalue weighted by atomic mass is 10.00. The van der Waals surface area contributed by atoms with Crippen molar-refractivity contribution >= 4 is 33.8 Å². The highest BCUT2D eigenvalue weighted by Crippen LogP contribution is 2.21. The van der Waals surface area contributed by atoms with Crippen molar-refractivity contribution in [2.24, 2.45) is 0 Å². The van der Waals surface area contributed by atoms with E-state index in [4.69, 9.17) is 10.2 Å². The summed E-state index contributed by atoms with van der Waals surface area (Å²) in [6.07, 6.45) is 7.87. The Morgan fingerprint density at radius 2 is 1.50 bits per heavy atom. The molecule has 2 aliphatic rings. The molecule has 30 heavy (non-hydrogen) atoms. The number of likely N-dealkylation sites (tertiary alicyclic amines) is 2. The molecule has 7 nitrogen and oxygen atoms in total. The summed E-state index contributed by atoms with van der Waals surface area (Å²) in [6.45, 7) is 4.44. The summed E-state index contributed by atoms with van der Waals surface area (Å²) < 4.78 is 1.06. The fourth-order valence-corrected chi connectivity index (χ4v) is 4.07. The Hall–Kier alpha value is -2.19. The molecular weight excluding hydrogens is 452 g/mol. The molecule has 2 aliphatic heterocycles. The minimum atomic E-state index is -1.26. The summed E-state index contributed by atoms with van der Waals surface area (Å²) >= 11 is 3.45. The van der Waals surface area contributed by atoms with Crippen LogP contribution in [0.3, 0.4) is 0 Å². The van der Waals surface area contributed by atoms with Crippen LogP contribution in [-0.2, 0) is 20.8 Å². The number of hydrogen-bond acceptors (Lipinski definition) is 4. The minimum absolute atomic E-state index is 0.297. The molecule has 1 aromatic carbocycles. The van der Waals surface area contributed by atoms with Gasteiger partial charge in [-0.25, -0.2) is 9.59 Å². The van der Waals surface area contributed by atoms with Gasteiger partial charge in [0.15, 0.2) is 0 Å². The Labute approximate surface area is 185 Å². The van der Waals surface area contributed by atoms with Crippen LogP contribution in [0.1, 0.15) is 37.7 Å². The predicted octanol–water partition coefficient (Wildman–Crippen LogP) is 3.18. The van der Waals surface area contributed by atoms with Gasteiger partial charge in [0.05, 0.1) is 6.42 Å². The molecule has 0 spiro atoms. The molecule has 3 rings (SSSR count). The van der Waals surface area contributed by atoms with Gasteiger partial charge in [0.25, 0.3) is 0 Å². The van der Waals surface area contributed by atoms with Crippen LogP contribution in [0.25, 0.3) is 0 Å². The maximum atomic E-state index is 12.7. The number of aliphatic carboxylic acids is 2. The summed E-state index contributed by atoms with van der Waals surface area (Å²) in [5.41, 5.74) is 1.11. The van der Waals surface area contributed by atoms with Gasteiger partial charge in [0, 0.05) is 35.8 Å². The molecule has 2 heterocycles. The smallest absolute Gasteiger partial charge is 0.328 e. The molecule has 1 atom stereocenters. The monoisotopic (exact) mass is 480 g/mol. The summed E-state index contributed by atoms with van der Waals surface area (Å²) in [5, 5.41) is 15.6. The normalized spacial score (nSPS) is 19.4. The second kappa shape index (κ2) is 12.5. The van der Waals surface area contributed by atoms with Crippen molar-refractivity contribution in [1.82, 2.24) is 9.80 Å². The first-order valence-corrected chi connectivity index (χ1v) is 11.0. The number of amides is 1. The van der Waals surface area contributed by atoms with E-state index in [1.165, 1.54) is 38.8 Å². The lowest BCUT2D eigenvalue weighted by Gasteiger charge is -2.38. The number of carboxylic acids is 2. The predicted molar refractivity (Wildman–Crippen MR) is 117 cm³/mol. The van der Waals surface area contributed by atoms with E-state index >= 15 is 0 Å². The van der Waals surface area contributed by atoms with E-state index in [1.807, 2.05) is 24.3 Å². The third-order valence-corrected chi connectivity index (χ3v) is 5.78. The van der Waals surface area contributed by atoms with E-state index in [2.05, 4.69) is 25.7 Å². The average molecular weight is 481 g/mol. The maximum absolute atomic E-state index is 12.7. The molecule has 1 unspecified atom stereocenters. The van der Waals surface area contributed by atoms with E-state index in [1.54, 1.807) is 0 Å². The Kier molecular flexibility index (Phi) is 10.0. The van der Waals surface area contributed by atoms with Gasteiger partial charge in [-0.05, 0) is 62.9 Å². The van der Waals surface area contributed by atoms with Crippen LogP contribution in [0, 0.1) is 0 Å². The number of carboxylic acid groups (broad SMARTS) is 2. The van der Waals surface area contributed by atoms with Gasteiger partial charge in [-0.1, -0.05) is 28.1 Å². The molecule has 0 aromatic heterocycles. The second-order valence-electron chi connectivity index (χ2n) is 7.56. The van der Waals surface area contributed by atoms with Gasteiger partial charge in [0.2, 0.25) is 5.91 Å². The van der Waals surface area contributed by atoms with Gasteiger partial charge in [-0.3, -0.25) is 4.79 Å². The molecular formula is C22H29BrN2O5. The van der Waals surface area contributed by atoms with E-state index in [-0.39, 0.29) is 0 Å². The third kappa shape index (κ3) is 8.67. The molecule has 2 saturated heterocycles. The number of rotatable bonds is 6. The lowest BCUT2D eigenvalue weighted by molar-refractivity contribution is -0.134. The van der Waals surface area contributed by atoms with Crippen LogP contribution in [0.2, 0.25) is 0 Å². The standard InChI is InChI=1S/C18H25BrN2O.C4H4O4/c19-16-8-6-15(7-9-16)13-18(22)21-12-2-1-5-17(21)14-20-10-3-4-11-20;5-3(6)1-2-4(7)8/h6-9,17H,1-5,10-14H2;1-2H,(H,5,6)(H,7,8)/b;2-1-. The molecule has 1 amide bonds. The number of hydrogen-bond donors (Lipinski definition) is 2. The van der Waals surface area contributed by atoms with Gasteiger partial charge in [-0.15, -0.1) is 0 Å². The molecule has 164 valence electrons. The number of carbonyl (C=O) groups is 3. The second-order valence-corrected chi connectivity index (χ2v) is 8.47. The Balaban J connectivity index is 0.000000343. The SMILES string of the molecule is O=C(Cc1ccc(Br)cc1)N1CCCCC1CN1CCCC1.O=C(O)/C=C\C(=O)O. The Morgan fingerprint density at radius 3 is 2.07 bits per heavy atom. The highest BCUT2D eigenvalue weighted by molar-refractivity contribution is 9.10. The first-order chi connectivity index (χ1) is 14.3. The highest BCUT2D eigenvalue weighted by atomic mass is 79.9. The highest BCUT2D eigenvalue weighted by Gasteiger charge is 2.28. The van der Waals surface area contributed by atoms with Crippen molar-refractivity contribution < 1.29 is 24.6 Å². The van der Waals surface area contributed by atoms with Gasteiger partial charge in [-0.2, -0.15) is 0 Å². The van der Waals surface area contributed by atoms with E-state index in [9.17, 15) is 14.4 Å². The summed E-state index contributed by atoms with van der Waals surface area (Å²) in [5.74, 6) is -2.22. The third-order valence-electron chi connectivity index (χ3n) is 5.25. The first kappa shape index (κ1) is 24.1. The van der Waals surface area contributed by atoms with Crippen molar-refractivity contribution in [3.8, 4) is 0 Å². The molecule has 2 N–H and O–H groups in total. The van der Waals surface area contributed by atoms with E-state index in [0.29, 0.717) is 30.5 Å². The Bertz CT molecular complexity index is 728. The molecule has 0 bridgehead atoms. The summed E-state index contributed by atoms with van der Waals surface area (Å²) in [7, 11) is 0. The minimum Gasteiger partial charge on any atom is -0.478 e. The first-order valence-electron chi connectivity index (χ1n) is 10.3. The van der Waals surface area contributed by atoms with Crippen LogP contribution in [0.5, 0.6) is 0 Å². The van der Waals surface area contributed by atoms with Crippen LogP contribution in [0.15, 0.2) is 40.9 Å². The summed E-state index contributed by atoms with van der Waals surface area (Å²) in [4.78, 5) is 36.5. The molecule has 0 saturated carbocycles. The zero-order chi connectivity index (χ0) is 21.9. The van der Waals surface area contributed by atoms with Gasteiger partial charge >= 0.3 is 11.9 Å². The van der Waals surface area contributed by atoms with E-state index < -0.39 is 11.9 Å². The van der Waals surface area contributed by atoms with Gasteiger partial charge in [0.1, 0.15) is 0 Å². The molecule has 0 radical (unpaired) electrons. The topological polar surface area (TPSA) is 98.2 Å². The van der Waals surface area contributed by atoms with Crippen LogP contribution >= 0.6 is 15.9 Å². The molecule has 1 aromatic rings. The van der Waals surface area contributed by atoms with Crippen molar-refractivity contribution in [3.63, 3.8) is 0 Å². The number of halogens is 1. The average Bonchev–Trinajstić information content (AvgIpc) is 3.22. The summed E-state index contributed by atoms with van der Waals surface area (Å²) in [6, 6.07) is 8.54. The number of nitrogens with zero attached hydrogens (tertiary/aromatic N) is 2. The number of piperidine rings is 1. The molecule has 8 heteroatoms. The van der Waals surface area contributed by atoms with Crippen molar-refractivity contribution in [2.45, 2.75) is 44.6 Å². The van der Waals surface area contributed by atoms with Crippen LogP contribution < -0.4 is 0 Å². The maximum Gasteiger partial charge on any atom is 0.328 e. The fourth-order valence-electron chi connectivity index (χ4n) is 3.80. The van der Waals surface area contributed by atoms with E-state index in [0.717, 1.165) is 29.5 Å². The van der Waals surface area contributed by atoms with Gasteiger partial charge < -0.3 is 20.0 Å². The van der Waals surface area contributed by atoms with Crippen molar-refractivity contribution in [2.75, 3.05) is 26.2 Å². The lowest BCUT2D eigenvalue weighted by Crippen LogP contribution is -2.49. The fraction of sp³-hybridized carbons (Fsp3) is 0.500. The van der Waals surface area contributed by atoms with Crippen molar-refractivity contribution in [3.05, 3.63) is 46.5 Å². The molecule has 2 fully saturated rings.